The van der Waals surface area contributed by atoms with Crippen LogP contribution in [0.15, 0.2) is 18.2 Å². The van der Waals surface area contributed by atoms with E-state index in [2.05, 4.69) is 17.4 Å². The van der Waals surface area contributed by atoms with Crippen molar-refractivity contribution >= 4 is 0 Å². The smallest absolute Gasteiger partial charge is 0.119 e. The van der Waals surface area contributed by atoms with Crippen LogP contribution >= 0.6 is 0 Å². The Labute approximate surface area is 89.4 Å². The lowest BCUT2D eigenvalue weighted by atomic mass is 9.89. The number of hydrogen-bond donors (Lipinski definition) is 1. The first-order valence-corrected chi connectivity index (χ1v) is 5.37. The maximum absolute atomic E-state index is 5.80. The molecule has 0 amide bonds. The summed E-state index contributed by atoms with van der Waals surface area (Å²) in [6.07, 6.45) is 0.351. The number of methoxy groups -OCH3 is 1. The van der Waals surface area contributed by atoms with Gasteiger partial charge in [-0.1, -0.05) is 6.07 Å². The lowest BCUT2D eigenvalue weighted by Crippen LogP contribution is -2.26. The summed E-state index contributed by atoms with van der Waals surface area (Å²) in [5.74, 6) is 1.45. The van der Waals surface area contributed by atoms with Crippen molar-refractivity contribution in [2.24, 2.45) is 0 Å². The molecule has 0 unspecified atom stereocenters. The zero-order valence-corrected chi connectivity index (χ0v) is 8.82. The normalized spacial score (nSPS) is 28.3. The van der Waals surface area contributed by atoms with Gasteiger partial charge in [-0.3, -0.25) is 0 Å². The van der Waals surface area contributed by atoms with Crippen molar-refractivity contribution in [1.29, 1.82) is 0 Å². The highest BCUT2D eigenvalue weighted by atomic mass is 16.5. The fraction of sp³-hybridized carbons (Fsp3) is 0.500. The maximum atomic E-state index is 5.80. The van der Waals surface area contributed by atoms with Crippen molar-refractivity contribution in [3.05, 3.63) is 29.3 Å². The zero-order valence-electron chi connectivity index (χ0n) is 8.82. The van der Waals surface area contributed by atoms with Crippen molar-refractivity contribution < 1.29 is 9.47 Å². The summed E-state index contributed by atoms with van der Waals surface area (Å²) < 4.78 is 11.1. The van der Waals surface area contributed by atoms with E-state index in [0.29, 0.717) is 12.0 Å². The number of hydrogen-bond acceptors (Lipinski definition) is 3. The van der Waals surface area contributed by atoms with Crippen molar-refractivity contribution in [3.63, 3.8) is 0 Å². The average molecular weight is 205 g/mol. The highest BCUT2D eigenvalue weighted by molar-refractivity contribution is 5.40. The van der Waals surface area contributed by atoms with Gasteiger partial charge in [0.05, 0.1) is 19.8 Å². The Hall–Kier alpha value is -1.06. The third-order valence-electron chi connectivity index (χ3n) is 3.36. The Balaban J connectivity index is 2.03. The molecule has 1 aromatic rings. The molecule has 0 saturated carbocycles. The third-order valence-corrected chi connectivity index (χ3v) is 3.36. The minimum absolute atomic E-state index is 0.351. The highest BCUT2D eigenvalue weighted by Crippen LogP contribution is 2.35. The summed E-state index contributed by atoms with van der Waals surface area (Å²) in [7, 11) is 1.71. The molecule has 0 spiro atoms. The predicted octanol–water partition coefficient (Wildman–Crippen LogP) is 1.28. The van der Waals surface area contributed by atoms with Crippen LogP contribution in [0.2, 0.25) is 0 Å². The fourth-order valence-corrected chi connectivity index (χ4v) is 2.51. The second kappa shape index (κ2) is 3.51. The molecule has 0 bridgehead atoms. The van der Waals surface area contributed by atoms with E-state index in [-0.39, 0.29) is 0 Å². The second-order valence-corrected chi connectivity index (χ2v) is 4.18. The molecule has 15 heavy (non-hydrogen) atoms. The van der Waals surface area contributed by atoms with Crippen LogP contribution in [0.25, 0.3) is 0 Å². The summed E-state index contributed by atoms with van der Waals surface area (Å²) in [5, 5.41) is 3.38. The Morgan fingerprint density at radius 1 is 1.40 bits per heavy atom. The number of fused-ring (bicyclic) bond motifs is 3. The molecular weight excluding hydrogens is 190 g/mol. The number of rotatable bonds is 1. The zero-order chi connectivity index (χ0) is 10.3. The second-order valence-electron chi connectivity index (χ2n) is 4.18. The molecule has 80 valence electrons. The Kier molecular flexibility index (Phi) is 2.15. The van der Waals surface area contributed by atoms with E-state index >= 15 is 0 Å². The van der Waals surface area contributed by atoms with Crippen LogP contribution in [0.3, 0.4) is 0 Å². The largest absolute Gasteiger partial charge is 0.497 e. The SMILES string of the molecule is COc1ccc2c(c1)[C@@H]1CNC[C@@H]1OC2. The van der Waals surface area contributed by atoms with Crippen LogP contribution in [-0.2, 0) is 11.3 Å². The van der Waals surface area contributed by atoms with Gasteiger partial charge in [0.1, 0.15) is 5.75 Å². The van der Waals surface area contributed by atoms with Crippen molar-refractivity contribution in [3.8, 4) is 5.75 Å². The molecule has 2 atom stereocenters. The van der Waals surface area contributed by atoms with Crippen LogP contribution in [0.5, 0.6) is 5.75 Å². The predicted molar refractivity (Wildman–Crippen MR) is 57.2 cm³/mol. The van der Waals surface area contributed by atoms with Gasteiger partial charge in [-0.2, -0.15) is 0 Å². The molecular formula is C12H15NO2. The Bertz CT molecular complexity index is 378. The first-order chi connectivity index (χ1) is 7.38. The Morgan fingerprint density at radius 3 is 3.20 bits per heavy atom. The molecule has 1 fully saturated rings. The highest BCUT2D eigenvalue weighted by Gasteiger charge is 2.34. The van der Waals surface area contributed by atoms with Gasteiger partial charge in [-0.05, 0) is 23.3 Å². The lowest BCUT2D eigenvalue weighted by molar-refractivity contribution is 0.0298. The lowest BCUT2D eigenvalue weighted by Gasteiger charge is -2.28. The molecule has 3 heteroatoms. The van der Waals surface area contributed by atoms with Gasteiger partial charge >= 0.3 is 0 Å². The average Bonchev–Trinajstić information content (AvgIpc) is 2.76. The summed E-state index contributed by atoms with van der Waals surface area (Å²) in [6.45, 7) is 2.73. The van der Waals surface area contributed by atoms with Crippen LogP contribution in [0, 0.1) is 0 Å². The Morgan fingerprint density at radius 2 is 2.33 bits per heavy atom. The molecule has 3 rings (SSSR count). The van der Waals surface area contributed by atoms with E-state index in [9.17, 15) is 0 Å². The molecule has 0 radical (unpaired) electrons. The maximum Gasteiger partial charge on any atom is 0.119 e. The number of benzene rings is 1. The van der Waals surface area contributed by atoms with Gasteiger partial charge < -0.3 is 14.8 Å². The standard InChI is InChI=1S/C12H15NO2/c1-14-9-3-2-8-7-15-12-6-13-5-11(12)10(8)4-9/h2-4,11-13H,5-7H2,1H3/t11-,12-/m0/s1. The third kappa shape index (κ3) is 1.43. The molecule has 1 saturated heterocycles. The van der Waals surface area contributed by atoms with Gasteiger partial charge in [0.15, 0.2) is 0 Å². The van der Waals surface area contributed by atoms with Crippen molar-refractivity contribution in [2.45, 2.75) is 18.6 Å². The van der Waals surface area contributed by atoms with Gasteiger partial charge in [0.25, 0.3) is 0 Å². The number of nitrogens with one attached hydrogen (secondary N) is 1. The van der Waals surface area contributed by atoms with Gasteiger partial charge in [0.2, 0.25) is 0 Å². The molecule has 0 aliphatic carbocycles. The van der Waals surface area contributed by atoms with Crippen molar-refractivity contribution in [2.75, 3.05) is 20.2 Å². The first-order valence-electron chi connectivity index (χ1n) is 5.37. The first kappa shape index (κ1) is 9.19. The molecule has 2 aliphatic rings. The van der Waals surface area contributed by atoms with E-state index < -0.39 is 0 Å². The summed E-state index contributed by atoms with van der Waals surface area (Å²) >= 11 is 0. The van der Waals surface area contributed by atoms with Crippen molar-refractivity contribution in [1.82, 2.24) is 5.32 Å². The quantitative estimate of drug-likeness (QED) is 0.749. The van der Waals surface area contributed by atoms with E-state index in [0.717, 1.165) is 25.4 Å². The van der Waals surface area contributed by atoms with Gasteiger partial charge in [-0.25, -0.2) is 0 Å². The monoisotopic (exact) mass is 205 g/mol. The van der Waals surface area contributed by atoms with Crippen LogP contribution in [-0.4, -0.2) is 26.3 Å². The van der Waals surface area contributed by atoms with Gasteiger partial charge in [-0.15, -0.1) is 0 Å². The summed E-state index contributed by atoms with van der Waals surface area (Å²) in [6, 6.07) is 6.27. The molecule has 1 aromatic carbocycles. The molecule has 2 aliphatic heterocycles. The van der Waals surface area contributed by atoms with E-state index in [1.807, 2.05) is 6.07 Å². The molecule has 0 aromatic heterocycles. The molecule has 2 heterocycles. The number of ether oxygens (including phenoxy) is 2. The summed E-state index contributed by atoms with van der Waals surface area (Å²) in [5.41, 5.74) is 2.70. The summed E-state index contributed by atoms with van der Waals surface area (Å²) in [4.78, 5) is 0. The molecule has 1 N–H and O–H groups in total. The van der Waals surface area contributed by atoms with E-state index in [1.165, 1.54) is 11.1 Å². The van der Waals surface area contributed by atoms with Gasteiger partial charge in [0, 0.05) is 19.0 Å². The minimum Gasteiger partial charge on any atom is -0.497 e. The van der Waals surface area contributed by atoms with E-state index in [1.54, 1.807) is 7.11 Å². The minimum atomic E-state index is 0.351. The van der Waals surface area contributed by atoms with Crippen LogP contribution in [0.4, 0.5) is 0 Å². The van der Waals surface area contributed by atoms with Crippen LogP contribution < -0.4 is 10.1 Å². The fourth-order valence-electron chi connectivity index (χ4n) is 2.51. The van der Waals surface area contributed by atoms with Crippen LogP contribution in [0.1, 0.15) is 17.0 Å². The molecule has 3 nitrogen and oxygen atoms in total. The van der Waals surface area contributed by atoms with E-state index in [4.69, 9.17) is 9.47 Å². The topological polar surface area (TPSA) is 30.5 Å².